The van der Waals surface area contributed by atoms with Crippen molar-refractivity contribution in [1.82, 2.24) is 0 Å². The lowest BCUT2D eigenvalue weighted by Gasteiger charge is -1.76. The van der Waals surface area contributed by atoms with Gasteiger partial charge in [0, 0.05) is 0 Å². The maximum atomic E-state index is 10.1. The molecule has 62 valence electrons. The summed E-state index contributed by atoms with van der Waals surface area (Å²) < 4.78 is 14.4. The summed E-state index contributed by atoms with van der Waals surface area (Å²) in [7, 11) is 0. The van der Waals surface area contributed by atoms with E-state index in [2.05, 4.69) is 24.5 Å². The minimum absolute atomic E-state index is 0. The highest BCUT2D eigenvalue weighted by Crippen LogP contribution is 1.65. The van der Waals surface area contributed by atoms with Crippen LogP contribution in [-0.2, 0) is 4.74 Å². The molecule has 0 radical (unpaired) electrons. The van der Waals surface area contributed by atoms with E-state index in [1.807, 2.05) is 0 Å². The Morgan fingerprint density at radius 2 is 1.30 bits per heavy atom. The van der Waals surface area contributed by atoms with Gasteiger partial charge in [-0.2, -0.15) is 0 Å². The first-order valence-corrected chi connectivity index (χ1v) is 1.91. The van der Waals surface area contributed by atoms with E-state index in [-0.39, 0.29) is 18.5 Å². The molecule has 0 aromatic heterocycles. The van der Waals surface area contributed by atoms with Gasteiger partial charge in [-0.25, -0.2) is 4.39 Å². The van der Waals surface area contributed by atoms with Gasteiger partial charge in [0.25, 0.3) is 0 Å². The fourth-order valence-electron chi connectivity index (χ4n) is 0.0680. The van der Waals surface area contributed by atoms with Crippen molar-refractivity contribution in [2.24, 2.45) is 0 Å². The largest absolute Gasteiger partial charge is 0.474 e. The molecule has 0 aliphatic heterocycles. The van der Waals surface area contributed by atoms with Crippen LogP contribution >= 0.6 is 0 Å². The third-order valence-electron chi connectivity index (χ3n) is 0.192. The van der Waals surface area contributed by atoms with E-state index in [1.165, 1.54) is 12.5 Å². The average Bonchev–Trinajstić information content (AvgIpc) is 1.71. The second-order valence-electron chi connectivity index (χ2n) is 0.624. The molecule has 0 saturated heterocycles. The summed E-state index contributed by atoms with van der Waals surface area (Å²) in [5.74, 6) is 0. The van der Waals surface area contributed by atoms with Gasteiger partial charge in [0.2, 0.25) is 0 Å². The Morgan fingerprint density at radius 1 is 1.10 bits per heavy atom. The predicted molar refractivity (Wildman–Crippen MR) is 42.0 cm³/mol. The number of halogens is 2. The van der Waals surface area contributed by atoms with Crippen molar-refractivity contribution in [3.05, 3.63) is 38.6 Å². The van der Waals surface area contributed by atoms with Crippen LogP contribution in [0.1, 0.15) is 7.43 Å². The second-order valence-corrected chi connectivity index (χ2v) is 0.624. The van der Waals surface area contributed by atoms with E-state index in [9.17, 15) is 4.39 Å². The van der Waals surface area contributed by atoms with E-state index in [4.69, 9.17) is 0 Å². The van der Waals surface area contributed by atoms with Crippen molar-refractivity contribution in [3.63, 3.8) is 0 Å². The van der Waals surface area contributed by atoms with Gasteiger partial charge in [-0.1, -0.05) is 27.2 Å². The SMILES string of the molecule is C.C=CF.C=COC=C.F. The molecule has 0 aromatic carbocycles. The molecule has 0 aliphatic rings. The molecule has 0 bridgehead atoms. The quantitative estimate of drug-likeness (QED) is 0.552. The molecule has 0 aliphatic carbocycles. The molecular weight excluding hydrogens is 138 g/mol. The molecule has 0 aromatic rings. The Morgan fingerprint density at radius 3 is 1.30 bits per heavy atom. The zero-order chi connectivity index (χ0) is 6.83. The van der Waals surface area contributed by atoms with Gasteiger partial charge in [0.1, 0.15) is 0 Å². The molecule has 0 unspecified atom stereocenters. The van der Waals surface area contributed by atoms with Crippen LogP contribution in [0, 0.1) is 0 Å². The normalized spacial score (nSPS) is 4.10. The molecular formula is C7H14F2O. The van der Waals surface area contributed by atoms with Gasteiger partial charge in [-0.15, -0.1) is 0 Å². The molecule has 0 spiro atoms. The van der Waals surface area contributed by atoms with Gasteiger partial charge in [-0.3, -0.25) is 4.70 Å². The van der Waals surface area contributed by atoms with E-state index < -0.39 is 0 Å². The van der Waals surface area contributed by atoms with Crippen LogP contribution in [0.4, 0.5) is 9.09 Å². The lowest BCUT2D eigenvalue weighted by atomic mass is 11.1. The van der Waals surface area contributed by atoms with E-state index in [1.54, 1.807) is 0 Å². The zero-order valence-corrected chi connectivity index (χ0v) is 5.05. The standard InChI is InChI=1S/C4H6O.C2H3F.CH4.FH/c1-3-5-4-2;1-2-3;;/h3-4H,1-2H2;2H,1H2;1H4;1H. The van der Waals surface area contributed by atoms with E-state index >= 15 is 0 Å². The highest BCUT2D eigenvalue weighted by atomic mass is 19.1. The first-order chi connectivity index (χ1) is 3.83. The summed E-state index contributed by atoms with van der Waals surface area (Å²) >= 11 is 0. The molecule has 0 rings (SSSR count). The lowest BCUT2D eigenvalue weighted by molar-refractivity contribution is 0.406. The van der Waals surface area contributed by atoms with Gasteiger partial charge < -0.3 is 4.74 Å². The summed E-state index contributed by atoms with van der Waals surface area (Å²) in [5.41, 5.74) is 0. The van der Waals surface area contributed by atoms with Crippen molar-refractivity contribution < 1.29 is 13.8 Å². The number of rotatable bonds is 2. The molecule has 3 heteroatoms. The number of hydrogen-bond acceptors (Lipinski definition) is 1. The van der Waals surface area contributed by atoms with Crippen LogP contribution in [0.3, 0.4) is 0 Å². The molecule has 10 heavy (non-hydrogen) atoms. The van der Waals surface area contributed by atoms with Gasteiger partial charge >= 0.3 is 0 Å². The monoisotopic (exact) mass is 152 g/mol. The van der Waals surface area contributed by atoms with Gasteiger partial charge in [0.05, 0.1) is 18.9 Å². The van der Waals surface area contributed by atoms with Crippen molar-refractivity contribution in [2.45, 2.75) is 7.43 Å². The molecule has 0 fully saturated rings. The highest BCUT2D eigenvalue weighted by molar-refractivity contribution is 4.57. The smallest absolute Gasteiger partial charge is 0.0829 e. The van der Waals surface area contributed by atoms with Crippen LogP contribution in [0.15, 0.2) is 38.6 Å². The minimum atomic E-state index is 0. The van der Waals surface area contributed by atoms with E-state index in [0.29, 0.717) is 0 Å². The maximum Gasteiger partial charge on any atom is 0.0829 e. The summed E-state index contributed by atoms with van der Waals surface area (Å²) in [6.07, 6.45) is 2.88. The van der Waals surface area contributed by atoms with Gasteiger partial charge in [-0.05, 0) is 0 Å². The Bertz CT molecular complexity index is 66.0. The minimum Gasteiger partial charge on any atom is -0.474 e. The van der Waals surface area contributed by atoms with Crippen LogP contribution in [-0.4, -0.2) is 0 Å². The molecule has 1 nitrogen and oxygen atoms in total. The third-order valence-corrected chi connectivity index (χ3v) is 0.192. The molecule has 0 heterocycles. The molecule has 0 N–H and O–H groups in total. The van der Waals surface area contributed by atoms with Gasteiger partial charge in [0.15, 0.2) is 0 Å². The first kappa shape index (κ1) is 23.2. The van der Waals surface area contributed by atoms with E-state index in [0.717, 1.165) is 0 Å². The average molecular weight is 152 g/mol. The molecule has 0 atom stereocenters. The Balaban J connectivity index is -0.0000000326. The predicted octanol–water partition coefficient (Wildman–Crippen LogP) is 3.18. The summed E-state index contributed by atoms with van der Waals surface area (Å²) in [6.45, 7) is 9.21. The fraction of sp³-hybridized carbons (Fsp3) is 0.143. The summed E-state index contributed by atoms with van der Waals surface area (Å²) in [6, 6.07) is 0. The highest BCUT2D eigenvalue weighted by Gasteiger charge is 1.45. The summed E-state index contributed by atoms with van der Waals surface area (Å²) in [4.78, 5) is 0. The number of hydrogen-bond donors (Lipinski definition) is 0. The topological polar surface area (TPSA) is 9.23 Å². The van der Waals surface area contributed by atoms with Crippen LogP contribution in [0.2, 0.25) is 0 Å². The second kappa shape index (κ2) is 45.0. The summed E-state index contributed by atoms with van der Waals surface area (Å²) in [5, 5.41) is 0. The first-order valence-electron chi connectivity index (χ1n) is 1.91. The molecule has 0 amide bonds. The lowest BCUT2D eigenvalue weighted by Crippen LogP contribution is -1.52. The Hall–Kier alpha value is -1.12. The Labute approximate surface area is 60.9 Å². The van der Waals surface area contributed by atoms with Crippen LogP contribution in [0.5, 0.6) is 0 Å². The van der Waals surface area contributed by atoms with Crippen molar-refractivity contribution >= 4 is 0 Å². The van der Waals surface area contributed by atoms with Crippen molar-refractivity contribution in [3.8, 4) is 0 Å². The molecule has 0 saturated carbocycles. The Kier molecular flexibility index (Phi) is 104. The van der Waals surface area contributed by atoms with Crippen LogP contribution in [0.25, 0.3) is 0 Å². The maximum absolute atomic E-state index is 10.1. The van der Waals surface area contributed by atoms with Crippen LogP contribution < -0.4 is 0 Å². The number of ether oxygens (including phenoxy) is 1. The van der Waals surface area contributed by atoms with Crippen molar-refractivity contribution in [2.75, 3.05) is 0 Å². The van der Waals surface area contributed by atoms with Crippen molar-refractivity contribution in [1.29, 1.82) is 0 Å². The third kappa shape index (κ3) is 307. The zero-order valence-electron chi connectivity index (χ0n) is 5.05. The fourth-order valence-corrected chi connectivity index (χ4v) is 0.0680.